The Kier molecular flexibility index (Phi) is 3.57. The van der Waals surface area contributed by atoms with Crippen molar-refractivity contribution in [2.24, 2.45) is 0 Å². The molecule has 1 heterocycles. The summed E-state index contributed by atoms with van der Waals surface area (Å²) in [6, 6.07) is 8.37. The van der Waals surface area contributed by atoms with Gasteiger partial charge in [-0.3, -0.25) is 0 Å². The first kappa shape index (κ1) is 11.1. The highest BCUT2D eigenvalue weighted by Gasteiger charge is 2.01. The minimum atomic E-state index is 0.836. The van der Waals surface area contributed by atoms with Crippen LogP contribution in [-0.4, -0.2) is 9.97 Å². The third-order valence-corrected chi connectivity index (χ3v) is 3.32. The molecular formula is C13H14N2S. The van der Waals surface area contributed by atoms with Crippen LogP contribution in [0.15, 0.2) is 41.8 Å². The fourth-order valence-corrected chi connectivity index (χ4v) is 2.39. The van der Waals surface area contributed by atoms with E-state index in [0.29, 0.717) is 0 Å². The van der Waals surface area contributed by atoms with Crippen molar-refractivity contribution < 1.29 is 0 Å². The van der Waals surface area contributed by atoms with Crippen LogP contribution in [0.3, 0.4) is 0 Å². The van der Waals surface area contributed by atoms with Gasteiger partial charge in [0.25, 0.3) is 0 Å². The van der Waals surface area contributed by atoms with Crippen LogP contribution in [0.2, 0.25) is 0 Å². The van der Waals surface area contributed by atoms with Gasteiger partial charge in [-0.2, -0.15) is 0 Å². The van der Waals surface area contributed by atoms with Crippen LogP contribution in [0.1, 0.15) is 16.7 Å². The Morgan fingerprint density at radius 2 is 1.88 bits per heavy atom. The molecule has 0 radical (unpaired) electrons. The summed E-state index contributed by atoms with van der Waals surface area (Å²) < 4.78 is 0. The van der Waals surface area contributed by atoms with Crippen molar-refractivity contribution in [2.75, 3.05) is 0 Å². The molecule has 0 saturated heterocycles. The summed E-state index contributed by atoms with van der Waals surface area (Å²) in [4.78, 5) is 8.39. The number of thioether (sulfide) groups is 1. The quantitative estimate of drug-likeness (QED) is 0.597. The summed E-state index contributed by atoms with van der Waals surface area (Å²) in [5.74, 6) is 0.927. The van der Waals surface area contributed by atoms with Crippen molar-refractivity contribution in [3.63, 3.8) is 0 Å². The molecule has 16 heavy (non-hydrogen) atoms. The van der Waals surface area contributed by atoms with E-state index in [-0.39, 0.29) is 0 Å². The van der Waals surface area contributed by atoms with Crippen molar-refractivity contribution >= 4 is 11.8 Å². The fourth-order valence-electron chi connectivity index (χ4n) is 1.51. The van der Waals surface area contributed by atoms with E-state index in [0.717, 1.165) is 10.9 Å². The van der Waals surface area contributed by atoms with E-state index in [4.69, 9.17) is 0 Å². The average Bonchev–Trinajstić information content (AvgIpc) is 2.29. The summed E-state index contributed by atoms with van der Waals surface area (Å²) >= 11 is 1.67. The van der Waals surface area contributed by atoms with Gasteiger partial charge in [0.15, 0.2) is 5.16 Å². The lowest BCUT2D eigenvalue weighted by Gasteiger charge is -2.05. The predicted octanol–water partition coefficient (Wildman–Crippen LogP) is 3.39. The van der Waals surface area contributed by atoms with E-state index in [1.807, 2.05) is 6.07 Å². The summed E-state index contributed by atoms with van der Waals surface area (Å²) in [5.41, 5.74) is 3.99. The zero-order valence-electron chi connectivity index (χ0n) is 9.47. The maximum atomic E-state index is 4.19. The van der Waals surface area contributed by atoms with Crippen LogP contribution < -0.4 is 0 Å². The van der Waals surface area contributed by atoms with Gasteiger partial charge in [0.2, 0.25) is 0 Å². The minimum absolute atomic E-state index is 0.836. The van der Waals surface area contributed by atoms with Gasteiger partial charge >= 0.3 is 0 Å². The van der Waals surface area contributed by atoms with Gasteiger partial charge in [0.05, 0.1) is 0 Å². The van der Waals surface area contributed by atoms with E-state index in [9.17, 15) is 0 Å². The molecule has 0 aliphatic carbocycles. The summed E-state index contributed by atoms with van der Waals surface area (Å²) in [6.45, 7) is 4.26. The molecule has 0 bridgehead atoms. The first-order valence-corrected chi connectivity index (χ1v) is 6.20. The van der Waals surface area contributed by atoms with Gasteiger partial charge in [-0.05, 0) is 31.0 Å². The lowest BCUT2D eigenvalue weighted by molar-refractivity contribution is 0.966. The fraction of sp³-hybridized carbons (Fsp3) is 0.231. The number of hydrogen-bond donors (Lipinski definition) is 0. The Morgan fingerprint density at radius 1 is 1.12 bits per heavy atom. The van der Waals surface area contributed by atoms with Crippen LogP contribution in [0.25, 0.3) is 0 Å². The molecule has 0 aliphatic rings. The lowest BCUT2D eigenvalue weighted by Crippen LogP contribution is -1.89. The number of benzene rings is 1. The monoisotopic (exact) mass is 230 g/mol. The smallest absolute Gasteiger partial charge is 0.187 e. The molecule has 0 amide bonds. The molecule has 2 nitrogen and oxygen atoms in total. The third kappa shape index (κ3) is 2.83. The van der Waals surface area contributed by atoms with Gasteiger partial charge < -0.3 is 0 Å². The molecule has 0 fully saturated rings. The zero-order valence-corrected chi connectivity index (χ0v) is 10.3. The molecule has 2 aromatic rings. The van der Waals surface area contributed by atoms with Gasteiger partial charge in [-0.1, -0.05) is 35.5 Å². The van der Waals surface area contributed by atoms with Crippen LogP contribution >= 0.6 is 11.8 Å². The maximum Gasteiger partial charge on any atom is 0.187 e. The molecule has 0 spiro atoms. The van der Waals surface area contributed by atoms with Gasteiger partial charge in [-0.25, -0.2) is 9.97 Å². The largest absolute Gasteiger partial charge is 0.231 e. The number of hydrogen-bond acceptors (Lipinski definition) is 3. The second kappa shape index (κ2) is 5.12. The van der Waals surface area contributed by atoms with E-state index >= 15 is 0 Å². The van der Waals surface area contributed by atoms with E-state index < -0.39 is 0 Å². The van der Waals surface area contributed by atoms with Crippen LogP contribution in [-0.2, 0) is 5.75 Å². The van der Waals surface area contributed by atoms with Crippen molar-refractivity contribution in [1.82, 2.24) is 9.97 Å². The lowest BCUT2D eigenvalue weighted by atomic mass is 10.1. The summed E-state index contributed by atoms with van der Waals surface area (Å²) in [6.07, 6.45) is 3.55. The highest BCUT2D eigenvalue weighted by molar-refractivity contribution is 7.98. The molecule has 0 saturated carbocycles. The number of aromatic nitrogens is 2. The Morgan fingerprint density at radius 3 is 2.56 bits per heavy atom. The van der Waals surface area contributed by atoms with Crippen molar-refractivity contribution in [1.29, 1.82) is 0 Å². The Hall–Kier alpha value is -1.35. The van der Waals surface area contributed by atoms with E-state index in [2.05, 4.69) is 42.0 Å². The first-order valence-electron chi connectivity index (χ1n) is 5.21. The molecule has 0 aliphatic heterocycles. The normalized spacial score (nSPS) is 10.4. The van der Waals surface area contributed by atoms with Crippen molar-refractivity contribution in [3.05, 3.63) is 53.3 Å². The van der Waals surface area contributed by atoms with E-state index in [1.54, 1.807) is 24.2 Å². The highest BCUT2D eigenvalue weighted by Crippen LogP contribution is 2.21. The number of nitrogens with zero attached hydrogens (tertiary/aromatic N) is 2. The molecule has 82 valence electrons. The topological polar surface area (TPSA) is 25.8 Å². The van der Waals surface area contributed by atoms with Crippen molar-refractivity contribution in [2.45, 2.75) is 24.8 Å². The van der Waals surface area contributed by atoms with Crippen LogP contribution in [0.4, 0.5) is 0 Å². The van der Waals surface area contributed by atoms with Gasteiger partial charge in [-0.15, -0.1) is 0 Å². The van der Waals surface area contributed by atoms with Crippen LogP contribution in [0, 0.1) is 13.8 Å². The Balaban J connectivity index is 2.05. The minimum Gasteiger partial charge on any atom is -0.231 e. The number of rotatable bonds is 3. The standard InChI is InChI=1S/C13H14N2S/c1-10-4-5-12(11(2)8-10)9-16-13-14-6-3-7-15-13/h3-8H,9H2,1-2H3. The highest BCUT2D eigenvalue weighted by atomic mass is 32.2. The molecule has 0 unspecified atom stereocenters. The maximum absolute atomic E-state index is 4.19. The molecule has 3 heteroatoms. The summed E-state index contributed by atoms with van der Waals surface area (Å²) in [5, 5.41) is 0.836. The molecule has 2 rings (SSSR count). The zero-order chi connectivity index (χ0) is 11.4. The molecule has 0 N–H and O–H groups in total. The van der Waals surface area contributed by atoms with Crippen LogP contribution in [0.5, 0.6) is 0 Å². The predicted molar refractivity (Wildman–Crippen MR) is 67.5 cm³/mol. The Labute approximate surface area is 100 Å². The number of aryl methyl sites for hydroxylation is 2. The second-order valence-electron chi connectivity index (χ2n) is 3.75. The van der Waals surface area contributed by atoms with Crippen molar-refractivity contribution in [3.8, 4) is 0 Å². The summed E-state index contributed by atoms with van der Waals surface area (Å²) in [7, 11) is 0. The molecule has 1 aromatic carbocycles. The third-order valence-electron chi connectivity index (χ3n) is 2.40. The van der Waals surface area contributed by atoms with E-state index in [1.165, 1.54) is 16.7 Å². The molecular weight excluding hydrogens is 216 g/mol. The first-order chi connectivity index (χ1) is 7.75. The van der Waals surface area contributed by atoms with Gasteiger partial charge in [0, 0.05) is 18.1 Å². The molecule has 1 aromatic heterocycles. The van der Waals surface area contributed by atoms with Gasteiger partial charge in [0.1, 0.15) is 0 Å². The SMILES string of the molecule is Cc1ccc(CSc2ncccn2)c(C)c1. The Bertz CT molecular complexity index is 469. The average molecular weight is 230 g/mol. The second-order valence-corrected chi connectivity index (χ2v) is 4.69. The molecule has 0 atom stereocenters.